The van der Waals surface area contributed by atoms with Crippen molar-refractivity contribution in [3.8, 4) is 28.7 Å². The highest BCUT2D eigenvalue weighted by molar-refractivity contribution is 6.15. The Labute approximate surface area is 196 Å². The van der Waals surface area contributed by atoms with Gasteiger partial charge in [0, 0.05) is 17.0 Å². The van der Waals surface area contributed by atoms with Gasteiger partial charge in [0.15, 0.2) is 17.3 Å². The van der Waals surface area contributed by atoms with Crippen molar-refractivity contribution in [1.29, 1.82) is 0 Å². The van der Waals surface area contributed by atoms with Crippen molar-refractivity contribution in [2.45, 2.75) is 12.3 Å². The fourth-order valence-corrected chi connectivity index (χ4v) is 4.39. The number of ether oxygens (including phenoxy) is 5. The standard InChI is InChI=1S/C27H22O7/c1-30-19-7-5-4-6-16(19)13-23-26(29)17-9-11-21-25(27(17)34-23)18(14-24(28)33-21)15-8-10-20(31-2)22(12-15)32-3/h4-13,18H,14H2,1-3H3. The molecule has 0 saturated carbocycles. The highest BCUT2D eigenvalue weighted by atomic mass is 16.5. The van der Waals surface area contributed by atoms with Crippen LogP contribution in [-0.4, -0.2) is 33.1 Å². The van der Waals surface area contributed by atoms with Crippen LogP contribution in [0.1, 0.15) is 39.4 Å². The Morgan fingerprint density at radius 1 is 0.853 bits per heavy atom. The summed E-state index contributed by atoms with van der Waals surface area (Å²) in [6, 6.07) is 16.1. The van der Waals surface area contributed by atoms with E-state index in [1.165, 1.54) is 0 Å². The summed E-state index contributed by atoms with van der Waals surface area (Å²) in [4.78, 5) is 25.6. The third kappa shape index (κ3) is 3.55. The summed E-state index contributed by atoms with van der Waals surface area (Å²) in [7, 11) is 4.69. The molecular formula is C27H22O7. The molecule has 0 N–H and O–H groups in total. The smallest absolute Gasteiger partial charge is 0.312 e. The molecule has 0 fully saturated rings. The normalized spacial score (nSPS) is 17.5. The Bertz CT molecular complexity index is 1340. The lowest BCUT2D eigenvalue weighted by Crippen LogP contribution is -2.21. The molecule has 0 bridgehead atoms. The SMILES string of the molecule is COc1ccccc1C=C1Oc2c(ccc3c2C(c2ccc(OC)c(OC)c2)CC(=O)O3)C1=O. The van der Waals surface area contributed by atoms with E-state index < -0.39 is 0 Å². The summed E-state index contributed by atoms with van der Waals surface area (Å²) in [5.74, 6) is 1.71. The molecule has 2 aliphatic rings. The molecule has 0 amide bonds. The van der Waals surface area contributed by atoms with Crippen molar-refractivity contribution in [3.63, 3.8) is 0 Å². The molecule has 34 heavy (non-hydrogen) atoms. The number of carbonyl (C=O) groups excluding carboxylic acids is 2. The number of allylic oxidation sites excluding steroid dienone is 1. The first kappa shape index (κ1) is 21.6. The van der Waals surface area contributed by atoms with Crippen LogP contribution in [-0.2, 0) is 4.79 Å². The van der Waals surface area contributed by atoms with E-state index in [1.807, 2.05) is 36.4 Å². The first-order valence-corrected chi connectivity index (χ1v) is 10.7. The van der Waals surface area contributed by atoms with Crippen molar-refractivity contribution >= 4 is 17.8 Å². The quantitative estimate of drug-likeness (QED) is 0.310. The predicted octanol–water partition coefficient (Wildman–Crippen LogP) is 4.77. The van der Waals surface area contributed by atoms with Crippen LogP contribution in [0.25, 0.3) is 6.08 Å². The minimum atomic E-state index is -0.385. The van der Waals surface area contributed by atoms with Crippen LogP contribution < -0.4 is 23.7 Å². The molecule has 2 heterocycles. The highest BCUT2D eigenvalue weighted by Gasteiger charge is 2.38. The zero-order valence-electron chi connectivity index (χ0n) is 18.9. The molecule has 0 aromatic heterocycles. The van der Waals surface area contributed by atoms with E-state index in [1.54, 1.807) is 45.6 Å². The Balaban J connectivity index is 1.61. The fraction of sp³-hybridized carbons (Fsp3) is 0.185. The number of methoxy groups -OCH3 is 3. The number of esters is 1. The van der Waals surface area contributed by atoms with Gasteiger partial charge in [0.2, 0.25) is 5.78 Å². The van der Waals surface area contributed by atoms with Crippen LogP contribution in [0.5, 0.6) is 28.7 Å². The van der Waals surface area contributed by atoms with Gasteiger partial charge in [-0.05, 0) is 42.0 Å². The van der Waals surface area contributed by atoms with E-state index in [0.717, 1.165) is 11.1 Å². The first-order chi connectivity index (χ1) is 16.5. The van der Waals surface area contributed by atoms with Gasteiger partial charge < -0.3 is 23.7 Å². The minimum absolute atomic E-state index is 0.0992. The van der Waals surface area contributed by atoms with Crippen LogP contribution in [0, 0.1) is 0 Å². The molecule has 3 aromatic rings. The van der Waals surface area contributed by atoms with E-state index in [-0.39, 0.29) is 29.9 Å². The largest absolute Gasteiger partial charge is 0.496 e. The average Bonchev–Trinajstić information content (AvgIpc) is 3.18. The number of hydrogen-bond donors (Lipinski definition) is 0. The molecule has 0 radical (unpaired) electrons. The number of carbonyl (C=O) groups is 2. The number of benzene rings is 3. The summed E-state index contributed by atoms with van der Waals surface area (Å²) in [5.41, 5.74) is 2.62. The van der Waals surface area contributed by atoms with Gasteiger partial charge in [-0.15, -0.1) is 0 Å². The van der Waals surface area contributed by atoms with Crippen molar-refractivity contribution < 1.29 is 33.3 Å². The number of fused-ring (bicyclic) bond motifs is 3. The number of para-hydroxylation sites is 1. The lowest BCUT2D eigenvalue weighted by Gasteiger charge is -2.26. The van der Waals surface area contributed by atoms with Crippen molar-refractivity contribution in [2.75, 3.05) is 21.3 Å². The summed E-state index contributed by atoms with van der Waals surface area (Å²) in [6.45, 7) is 0. The molecule has 5 rings (SSSR count). The molecule has 7 nitrogen and oxygen atoms in total. The zero-order valence-corrected chi connectivity index (χ0v) is 18.9. The monoisotopic (exact) mass is 458 g/mol. The number of ketones is 1. The Morgan fingerprint density at radius 3 is 2.38 bits per heavy atom. The predicted molar refractivity (Wildman–Crippen MR) is 124 cm³/mol. The molecule has 0 aliphatic carbocycles. The Morgan fingerprint density at radius 2 is 1.62 bits per heavy atom. The molecule has 1 unspecified atom stereocenters. The molecule has 0 spiro atoms. The van der Waals surface area contributed by atoms with E-state index in [0.29, 0.717) is 39.9 Å². The maximum atomic E-state index is 13.2. The summed E-state index contributed by atoms with van der Waals surface area (Å²) in [6.07, 6.45) is 1.76. The minimum Gasteiger partial charge on any atom is -0.496 e. The van der Waals surface area contributed by atoms with E-state index in [9.17, 15) is 9.59 Å². The third-order valence-electron chi connectivity index (χ3n) is 6.02. The second-order valence-electron chi connectivity index (χ2n) is 7.88. The van der Waals surface area contributed by atoms with Crippen LogP contribution in [0.4, 0.5) is 0 Å². The van der Waals surface area contributed by atoms with Gasteiger partial charge in [-0.1, -0.05) is 24.3 Å². The molecule has 1 atom stereocenters. The van der Waals surface area contributed by atoms with Crippen molar-refractivity contribution in [3.05, 3.63) is 82.6 Å². The van der Waals surface area contributed by atoms with Gasteiger partial charge in [0.1, 0.15) is 17.2 Å². The zero-order chi connectivity index (χ0) is 23.8. The van der Waals surface area contributed by atoms with Gasteiger partial charge in [-0.2, -0.15) is 0 Å². The van der Waals surface area contributed by atoms with Crippen LogP contribution in [0.2, 0.25) is 0 Å². The topological polar surface area (TPSA) is 80.3 Å². The molecule has 7 heteroatoms. The molecular weight excluding hydrogens is 436 g/mol. The van der Waals surface area contributed by atoms with Crippen LogP contribution in [0.3, 0.4) is 0 Å². The average molecular weight is 458 g/mol. The van der Waals surface area contributed by atoms with Gasteiger partial charge >= 0.3 is 5.97 Å². The summed E-state index contributed by atoms with van der Waals surface area (Å²) < 4.78 is 27.8. The Hall–Kier alpha value is -4.26. The Kier molecular flexibility index (Phi) is 5.45. The molecule has 172 valence electrons. The molecule has 0 saturated heterocycles. The third-order valence-corrected chi connectivity index (χ3v) is 6.02. The highest BCUT2D eigenvalue weighted by Crippen LogP contribution is 2.49. The van der Waals surface area contributed by atoms with Crippen molar-refractivity contribution in [2.24, 2.45) is 0 Å². The van der Waals surface area contributed by atoms with Crippen LogP contribution in [0.15, 0.2) is 60.4 Å². The van der Waals surface area contributed by atoms with Gasteiger partial charge in [-0.25, -0.2) is 0 Å². The van der Waals surface area contributed by atoms with Gasteiger partial charge in [0.05, 0.1) is 33.3 Å². The first-order valence-electron chi connectivity index (χ1n) is 10.7. The van der Waals surface area contributed by atoms with Crippen molar-refractivity contribution in [1.82, 2.24) is 0 Å². The second-order valence-corrected chi connectivity index (χ2v) is 7.88. The molecule has 3 aromatic carbocycles. The second kappa shape index (κ2) is 8.59. The maximum absolute atomic E-state index is 13.2. The number of Topliss-reactive ketones (excluding diaryl/α,β-unsaturated/α-hetero) is 1. The summed E-state index contributed by atoms with van der Waals surface area (Å²) >= 11 is 0. The summed E-state index contributed by atoms with van der Waals surface area (Å²) in [5, 5.41) is 0. The van der Waals surface area contributed by atoms with E-state index in [2.05, 4.69) is 0 Å². The van der Waals surface area contributed by atoms with Gasteiger partial charge in [0.25, 0.3) is 0 Å². The molecule has 2 aliphatic heterocycles. The van der Waals surface area contributed by atoms with Gasteiger partial charge in [-0.3, -0.25) is 9.59 Å². The lowest BCUT2D eigenvalue weighted by molar-refractivity contribution is -0.135. The fourth-order valence-electron chi connectivity index (χ4n) is 4.39. The van der Waals surface area contributed by atoms with Crippen LogP contribution >= 0.6 is 0 Å². The number of rotatable bonds is 5. The number of hydrogen-bond acceptors (Lipinski definition) is 7. The van der Waals surface area contributed by atoms with E-state index in [4.69, 9.17) is 23.7 Å². The lowest BCUT2D eigenvalue weighted by atomic mass is 9.84. The maximum Gasteiger partial charge on any atom is 0.312 e. The van der Waals surface area contributed by atoms with E-state index >= 15 is 0 Å².